The average molecular weight is 770 g/mol. The molecule has 0 bridgehead atoms. The summed E-state index contributed by atoms with van der Waals surface area (Å²) in [5, 5.41) is 19.8. The van der Waals surface area contributed by atoms with Crippen molar-refractivity contribution in [1.82, 2.24) is 25.4 Å². The van der Waals surface area contributed by atoms with Crippen molar-refractivity contribution < 1.29 is 29.0 Å². The maximum absolute atomic E-state index is 14.2. The molecule has 9 atom stereocenters. The lowest BCUT2D eigenvalue weighted by molar-refractivity contribution is -0.140. The van der Waals surface area contributed by atoms with Crippen LogP contribution in [0.3, 0.4) is 0 Å². The summed E-state index contributed by atoms with van der Waals surface area (Å²) in [6.45, 7) is 14.1. The molecule has 0 aliphatic carbocycles. The Balaban J connectivity index is 1.75. The van der Waals surface area contributed by atoms with Crippen molar-refractivity contribution in [2.24, 2.45) is 35.5 Å². The summed E-state index contributed by atoms with van der Waals surface area (Å²) in [6.07, 6.45) is 4.05. The van der Waals surface area contributed by atoms with E-state index in [4.69, 9.17) is 4.74 Å². The minimum atomic E-state index is -0.614. The van der Waals surface area contributed by atoms with Gasteiger partial charge < -0.3 is 25.4 Å². The first-order valence-electron chi connectivity index (χ1n) is 19.8. The Bertz CT molecular complexity index is 1450. The first-order valence-corrected chi connectivity index (χ1v) is 20.7. The fourth-order valence-corrected chi connectivity index (χ4v) is 8.80. The monoisotopic (exact) mass is 769 g/mol. The zero-order valence-corrected chi connectivity index (χ0v) is 35.1. The molecule has 3 rings (SSSR count). The Hall–Kier alpha value is -3.19. The van der Waals surface area contributed by atoms with Crippen LogP contribution in [-0.2, 0) is 30.3 Å². The van der Waals surface area contributed by atoms with E-state index >= 15 is 0 Å². The van der Waals surface area contributed by atoms with Gasteiger partial charge in [-0.25, -0.2) is 4.98 Å². The highest BCUT2D eigenvalue weighted by molar-refractivity contribution is 7.09. The van der Waals surface area contributed by atoms with E-state index in [0.29, 0.717) is 19.4 Å². The minimum absolute atomic E-state index is 0.00893. The number of aliphatic hydroxyl groups is 1. The first kappa shape index (κ1) is 45.2. The molecular weight excluding hydrogens is 703 g/mol. The summed E-state index contributed by atoms with van der Waals surface area (Å²) >= 11 is 1.49. The van der Waals surface area contributed by atoms with Gasteiger partial charge in [-0.3, -0.25) is 24.1 Å². The number of carbonyl (C=O) groups excluding carboxylic acids is 4. The number of ether oxygens (including phenoxy) is 1. The van der Waals surface area contributed by atoms with Crippen LogP contribution in [-0.4, -0.2) is 102 Å². The lowest BCUT2D eigenvalue weighted by atomic mass is 9.84. The fraction of sp³-hybridized carbons (Fsp3) is 0.690. The molecule has 1 saturated heterocycles. The van der Waals surface area contributed by atoms with Crippen LogP contribution in [0.1, 0.15) is 97.2 Å². The average Bonchev–Trinajstić information content (AvgIpc) is 3.85. The Morgan fingerprint density at radius 3 is 2.22 bits per heavy atom. The number of thiazole rings is 1. The molecule has 54 heavy (non-hydrogen) atoms. The second-order valence-corrected chi connectivity index (χ2v) is 17.1. The highest BCUT2D eigenvalue weighted by Gasteiger charge is 2.42. The van der Waals surface area contributed by atoms with Gasteiger partial charge in [-0.1, -0.05) is 85.2 Å². The van der Waals surface area contributed by atoms with Crippen molar-refractivity contribution in [3.05, 3.63) is 52.5 Å². The molecule has 302 valence electrons. The summed E-state index contributed by atoms with van der Waals surface area (Å²) in [5.74, 6) is -2.04. The molecule has 0 spiro atoms. The SMILES string of the molecule is CC[C@H](C)C(NC(=O)[C@@H](CC(=O)C(C(C)C)N(C)C)C(C)C)[C@@H](CC(=O)N1CCC[C@H]1[C@H](CO)[C@H](C)C(=O)N[C@@H](Cc1ccccc1)c1nccs1)OC. The van der Waals surface area contributed by atoms with Crippen LogP contribution in [0.5, 0.6) is 0 Å². The van der Waals surface area contributed by atoms with Crippen LogP contribution in [0.4, 0.5) is 0 Å². The van der Waals surface area contributed by atoms with Crippen LogP contribution >= 0.6 is 11.3 Å². The number of methoxy groups -OCH3 is 1. The van der Waals surface area contributed by atoms with Gasteiger partial charge in [0, 0.05) is 62.1 Å². The number of Topliss-reactive ketones (excluding diaryl/α,β-unsaturated/α-hetero) is 1. The summed E-state index contributed by atoms with van der Waals surface area (Å²) in [5.41, 5.74) is 1.08. The van der Waals surface area contributed by atoms with Gasteiger partial charge in [0.25, 0.3) is 0 Å². The van der Waals surface area contributed by atoms with Gasteiger partial charge in [0.05, 0.1) is 30.7 Å². The molecule has 2 unspecified atom stereocenters. The van der Waals surface area contributed by atoms with E-state index in [0.717, 1.165) is 23.4 Å². The molecule has 2 aromatic rings. The van der Waals surface area contributed by atoms with Gasteiger partial charge >= 0.3 is 0 Å². The molecule has 1 aliphatic rings. The maximum Gasteiger partial charge on any atom is 0.225 e. The van der Waals surface area contributed by atoms with E-state index in [1.54, 1.807) is 18.2 Å². The second kappa shape index (κ2) is 21.8. The number of hydrogen-bond acceptors (Lipinski definition) is 9. The Kier molecular flexibility index (Phi) is 18.2. The molecule has 11 nitrogen and oxygen atoms in total. The van der Waals surface area contributed by atoms with Gasteiger partial charge in [-0.15, -0.1) is 11.3 Å². The minimum Gasteiger partial charge on any atom is -0.396 e. The zero-order valence-electron chi connectivity index (χ0n) is 34.3. The molecule has 0 saturated carbocycles. The van der Waals surface area contributed by atoms with Gasteiger partial charge in [0.2, 0.25) is 17.7 Å². The number of aliphatic hydroxyl groups excluding tert-OH is 1. The zero-order chi connectivity index (χ0) is 40.1. The van der Waals surface area contributed by atoms with Crippen molar-refractivity contribution in [1.29, 1.82) is 0 Å². The highest BCUT2D eigenvalue weighted by Crippen LogP contribution is 2.32. The predicted octanol–water partition coefficient (Wildman–Crippen LogP) is 5.53. The first-order chi connectivity index (χ1) is 25.6. The van der Waals surface area contributed by atoms with Crippen molar-refractivity contribution in [2.75, 3.05) is 34.4 Å². The van der Waals surface area contributed by atoms with E-state index in [-0.39, 0.29) is 78.8 Å². The third-order valence-electron chi connectivity index (χ3n) is 11.5. The largest absolute Gasteiger partial charge is 0.396 e. The maximum atomic E-state index is 14.2. The van der Waals surface area contributed by atoms with Crippen molar-refractivity contribution in [3.63, 3.8) is 0 Å². The lowest BCUT2D eigenvalue weighted by Crippen LogP contribution is -2.53. The molecule has 1 fully saturated rings. The fourth-order valence-electron chi connectivity index (χ4n) is 8.11. The number of rotatable bonds is 22. The van der Waals surface area contributed by atoms with Gasteiger partial charge in [0.1, 0.15) is 5.01 Å². The quantitative estimate of drug-likeness (QED) is 0.142. The molecular formula is C42H67N5O6S. The normalized spacial score (nSPS) is 19.2. The summed E-state index contributed by atoms with van der Waals surface area (Å²) in [4.78, 5) is 63.6. The number of carbonyl (C=O) groups is 4. The van der Waals surface area contributed by atoms with Gasteiger partial charge in [-0.05, 0) is 56.7 Å². The van der Waals surface area contributed by atoms with E-state index in [1.807, 2.05) is 103 Å². The van der Waals surface area contributed by atoms with Crippen molar-refractivity contribution in [2.45, 2.75) is 117 Å². The number of nitrogens with zero attached hydrogens (tertiary/aromatic N) is 3. The molecule has 3 N–H and O–H groups in total. The molecule has 2 heterocycles. The van der Waals surface area contributed by atoms with Crippen molar-refractivity contribution in [3.8, 4) is 0 Å². The number of benzene rings is 1. The van der Waals surface area contributed by atoms with Gasteiger partial charge in [-0.2, -0.15) is 0 Å². The molecule has 12 heteroatoms. The van der Waals surface area contributed by atoms with E-state index in [9.17, 15) is 24.3 Å². The Labute approximate surface area is 328 Å². The molecule has 1 aliphatic heterocycles. The lowest BCUT2D eigenvalue weighted by Gasteiger charge is -2.37. The summed E-state index contributed by atoms with van der Waals surface area (Å²) in [7, 11) is 5.34. The smallest absolute Gasteiger partial charge is 0.225 e. The van der Waals surface area contributed by atoms with E-state index < -0.39 is 29.9 Å². The Morgan fingerprint density at radius 2 is 1.69 bits per heavy atom. The van der Waals surface area contributed by atoms with Crippen LogP contribution in [0, 0.1) is 35.5 Å². The van der Waals surface area contributed by atoms with Crippen LogP contribution < -0.4 is 10.6 Å². The third kappa shape index (κ3) is 12.2. The second-order valence-electron chi connectivity index (χ2n) is 16.1. The Morgan fingerprint density at radius 1 is 1.00 bits per heavy atom. The molecule has 0 radical (unpaired) electrons. The third-order valence-corrected chi connectivity index (χ3v) is 12.3. The summed E-state index contributed by atoms with van der Waals surface area (Å²) in [6, 6.07) is 8.55. The van der Waals surface area contributed by atoms with E-state index in [2.05, 4.69) is 15.6 Å². The predicted molar refractivity (Wildman–Crippen MR) is 215 cm³/mol. The standard InChI is InChI=1S/C42H67N5O6S/c1-11-28(6)38(45-41(52)31(26(2)3)23-35(49)39(27(4)5)46(8)9)36(53-10)24-37(50)47-20-15-18-34(47)32(25-48)29(7)40(51)44-33(42-43-19-21-54-42)22-30-16-13-12-14-17-30/h12-14,16-17,19,21,26-29,31-34,36,38-39,48H,11,15,18,20,22-25H2,1-10H3,(H,44,51)(H,45,52)/t28-,29-,31-,32+,33-,34-,36+,38?,39?/m0/s1. The van der Waals surface area contributed by atoms with E-state index in [1.165, 1.54) is 11.3 Å². The van der Waals surface area contributed by atoms with Gasteiger partial charge in [0.15, 0.2) is 5.78 Å². The number of nitrogens with one attached hydrogen (secondary N) is 2. The van der Waals surface area contributed by atoms with Crippen molar-refractivity contribution >= 4 is 34.8 Å². The number of likely N-dealkylation sites (tertiary alicyclic amines) is 1. The topological polar surface area (TPSA) is 141 Å². The number of hydrogen-bond donors (Lipinski definition) is 3. The van der Waals surface area contributed by atoms with Crippen LogP contribution in [0.15, 0.2) is 41.9 Å². The number of likely N-dealkylation sites (N-methyl/N-ethyl adjacent to an activating group) is 1. The molecule has 3 amide bonds. The highest BCUT2D eigenvalue weighted by atomic mass is 32.1. The number of amides is 3. The van der Waals surface area contributed by atoms with Crippen LogP contribution in [0.25, 0.3) is 0 Å². The molecule has 1 aromatic heterocycles. The molecule has 1 aromatic carbocycles. The van der Waals surface area contributed by atoms with Crippen LogP contribution in [0.2, 0.25) is 0 Å². The number of aromatic nitrogens is 1. The number of ketones is 1. The summed E-state index contributed by atoms with van der Waals surface area (Å²) < 4.78 is 5.97.